The number of hydrogen-bond acceptors (Lipinski definition) is 7. The van der Waals surface area contributed by atoms with Gasteiger partial charge < -0.3 is 10.6 Å². The minimum atomic E-state index is -0.305. The molecule has 1 saturated carbocycles. The second-order valence-electron chi connectivity index (χ2n) is 9.17. The molecule has 2 unspecified atom stereocenters. The predicted molar refractivity (Wildman–Crippen MR) is 118 cm³/mol. The molecule has 0 radical (unpaired) electrons. The SMILES string of the molecule is Cc1nonc1C(=O)NC(c1cn2nc(CC3CCNC3=O)ccc2n1)C1CCCCCC1. The summed E-state index contributed by atoms with van der Waals surface area (Å²) in [6, 6.07) is 3.61. The molecule has 2 atom stereocenters. The molecule has 0 aromatic carbocycles. The average Bonchev–Trinajstić information content (AvgIpc) is 3.47. The van der Waals surface area contributed by atoms with Crippen LogP contribution in [0.1, 0.15) is 78.6 Å². The Bertz CT molecular complexity index is 1150. The van der Waals surface area contributed by atoms with Crippen LogP contribution in [-0.4, -0.2) is 43.3 Å². The van der Waals surface area contributed by atoms with E-state index in [1.165, 1.54) is 12.8 Å². The zero-order chi connectivity index (χ0) is 22.8. The molecule has 10 heteroatoms. The first-order valence-corrected chi connectivity index (χ1v) is 11.8. The lowest BCUT2D eigenvalue weighted by Crippen LogP contribution is -2.34. The van der Waals surface area contributed by atoms with Crippen LogP contribution in [0.4, 0.5) is 0 Å². The molecule has 1 aliphatic heterocycles. The number of imidazole rings is 1. The molecule has 2 amide bonds. The van der Waals surface area contributed by atoms with Gasteiger partial charge >= 0.3 is 0 Å². The van der Waals surface area contributed by atoms with Gasteiger partial charge in [0.1, 0.15) is 5.69 Å². The van der Waals surface area contributed by atoms with Crippen molar-refractivity contribution in [1.29, 1.82) is 0 Å². The van der Waals surface area contributed by atoms with Crippen LogP contribution in [0.2, 0.25) is 0 Å². The maximum Gasteiger partial charge on any atom is 0.276 e. The first kappa shape index (κ1) is 21.5. The van der Waals surface area contributed by atoms with Crippen molar-refractivity contribution >= 4 is 17.5 Å². The largest absolute Gasteiger partial charge is 0.356 e. The van der Waals surface area contributed by atoms with E-state index in [0.29, 0.717) is 12.1 Å². The number of carbonyl (C=O) groups is 2. The molecular formula is C23H29N7O3. The van der Waals surface area contributed by atoms with Crippen molar-refractivity contribution in [2.75, 3.05) is 6.54 Å². The smallest absolute Gasteiger partial charge is 0.276 e. The highest BCUT2D eigenvalue weighted by molar-refractivity contribution is 5.93. The quantitative estimate of drug-likeness (QED) is 0.551. The second-order valence-corrected chi connectivity index (χ2v) is 9.17. The van der Waals surface area contributed by atoms with E-state index in [-0.39, 0.29) is 35.4 Å². The number of aryl methyl sites for hydroxylation is 1. The molecule has 1 aliphatic carbocycles. The fourth-order valence-electron chi connectivity index (χ4n) is 5.02. The van der Waals surface area contributed by atoms with Crippen LogP contribution in [0, 0.1) is 18.8 Å². The van der Waals surface area contributed by atoms with E-state index in [4.69, 9.17) is 14.7 Å². The molecule has 10 nitrogen and oxygen atoms in total. The Labute approximate surface area is 191 Å². The molecule has 2 N–H and O–H groups in total. The Morgan fingerprint density at radius 1 is 1.21 bits per heavy atom. The Morgan fingerprint density at radius 2 is 2.03 bits per heavy atom. The number of amides is 2. The second kappa shape index (κ2) is 9.29. The van der Waals surface area contributed by atoms with Crippen molar-refractivity contribution in [3.8, 4) is 0 Å². The highest BCUT2D eigenvalue weighted by atomic mass is 16.6. The lowest BCUT2D eigenvalue weighted by Gasteiger charge is -2.25. The monoisotopic (exact) mass is 451 g/mol. The van der Waals surface area contributed by atoms with Gasteiger partial charge in [-0.3, -0.25) is 9.59 Å². The topological polar surface area (TPSA) is 127 Å². The van der Waals surface area contributed by atoms with Gasteiger partial charge in [0.25, 0.3) is 5.91 Å². The van der Waals surface area contributed by atoms with E-state index in [9.17, 15) is 9.59 Å². The highest BCUT2D eigenvalue weighted by Gasteiger charge is 2.30. The molecule has 174 valence electrons. The van der Waals surface area contributed by atoms with E-state index in [0.717, 1.165) is 55.7 Å². The first-order chi connectivity index (χ1) is 16.1. The number of hydrogen-bond donors (Lipinski definition) is 2. The molecule has 0 bridgehead atoms. The third-order valence-electron chi connectivity index (χ3n) is 6.86. The number of aromatic nitrogens is 5. The Balaban J connectivity index is 1.43. The van der Waals surface area contributed by atoms with Crippen molar-refractivity contribution < 1.29 is 14.2 Å². The van der Waals surface area contributed by atoms with Crippen molar-refractivity contribution in [1.82, 2.24) is 35.5 Å². The summed E-state index contributed by atoms with van der Waals surface area (Å²) >= 11 is 0. The summed E-state index contributed by atoms with van der Waals surface area (Å²) < 4.78 is 6.48. The Kier molecular flexibility index (Phi) is 6.06. The molecule has 33 heavy (non-hydrogen) atoms. The minimum absolute atomic E-state index is 0.0322. The van der Waals surface area contributed by atoms with Gasteiger partial charge in [0.05, 0.1) is 23.6 Å². The molecule has 4 heterocycles. The normalized spacial score (nSPS) is 20.5. The van der Waals surface area contributed by atoms with E-state index < -0.39 is 0 Å². The van der Waals surface area contributed by atoms with Crippen LogP contribution in [0.15, 0.2) is 23.0 Å². The van der Waals surface area contributed by atoms with Gasteiger partial charge in [0.15, 0.2) is 11.3 Å². The van der Waals surface area contributed by atoms with Crippen LogP contribution in [0.25, 0.3) is 5.65 Å². The summed E-state index contributed by atoms with van der Waals surface area (Å²) in [6.07, 6.45) is 10.1. The van der Waals surface area contributed by atoms with Gasteiger partial charge in [-0.05, 0) is 49.4 Å². The van der Waals surface area contributed by atoms with E-state index in [2.05, 4.69) is 20.9 Å². The maximum atomic E-state index is 13.0. The molecular weight excluding hydrogens is 422 g/mol. The molecule has 2 fully saturated rings. The van der Waals surface area contributed by atoms with Crippen LogP contribution in [0.5, 0.6) is 0 Å². The number of fused-ring (bicyclic) bond motifs is 1. The van der Waals surface area contributed by atoms with Crippen molar-refractivity contribution in [2.24, 2.45) is 11.8 Å². The Hall–Kier alpha value is -3.30. The third kappa shape index (κ3) is 4.60. The first-order valence-electron chi connectivity index (χ1n) is 11.8. The van der Waals surface area contributed by atoms with Crippen LogP contribution in [0.3, 0.4) is 0 Å². The fraction of sp³-hybridized carbons (Fsp3) is 0.565. The lowest BCUT2D eigenvalue weighted by molar-refractivity contribution is -0.122. The fourth-order valence-corrected chi connectivity index (χ4v) is 5.02. The number of nitrogens with zero attached hydrogens (tertiary/aromatic N) is 5. The Morgan fingerprint density at radius 3 is 2.73 bits per heavy atom. The van der Waals surface area contributed by atoms with Gasteiger partial charge in [0, 0.05) is 18.9 Å². The zero-order valence-electron chi connectivity index (χ0n) is 18.8. The van der Waals surface area contributed by atoms with E-state index in [1.807, 2.05) is 18.3 Å². The van der Waals surface area contributed by atoms with Gasteiger partial charge in [-0.2, -0.15) is 5.10 Å². The molecule has 1 saturated heterocycles. The zero-order valence-corrected chi connectivity index (χ0v) is 18.8. The van der Waals surface area contributed by atoms with Gasteiger partial charge in [-0.1, -0.05) is 30.8 Å². The van der Waals surface area contributed by atoms with E-state index >= 15 is 0 Å². The molecule has 2 aliphatic rings. The van der Waals surface area contributed by atoms with E-state index in [1.54, 1.807) is 11.4 Å². The van der Waals surface area contributed by atoms with Gasteiger partial charge in [-0.25, -0.2) is 14.1 Å². The van der Waals surface area contributed by atoms with Crippen molar-refractivity contribution in [3.05, 3.63) is 41.1 Å². The number of nitrogens with one attached hydrogen (secondary N) is 2. The summed E-state index contributed by atoms with van der Waals surface area (Å²) in [5.74, 6) is 0.0383. The summed E-state index contributed by atoms with van der Waals surface area (Å²) in [5, 5.41) is 18.2. The summed E-state index contributed by atoms with van der Waals surface area (Å²) in [6.45, 7) is 2.43. The lowest BCUT2D eigenvalue weighted by atomic mass is 9.90. The number of carbonyl (C=O) groups excluding carboxylic acids is 2. The highest BCUT2D eigenvalue weighted by Crippen LogP contribution is 2.33. The van der Waals surface area contributed by atoms with Crippen LogP contribution >= 0.6 is 0 Å². The minimum Gasteiger partial charge on any atom is -0.356 e. The van der Waals surface area contributed by atoms with Crippen molar-refractivity contribution in [3.63, 3.8) is 0 Å². The predicted octanol–water partition coefficient (Wildman–Crippen LogP) is 2.54. The van der Waals surface area contributed by atoms with Gasteiger partial charge in [-0.15, -0.1) is 0 Å². The molecule has 3 aromatic heterocycles. The van der Waals surface area contributed by atoms with Crippen molar-refractivity contribution in [2.45, 2.75) is 64.3 Å². The van der Waals surface area contributed by atoms with Crippen LogP contribution in [-0.2, 0) is 11.2 Å². The summed E-state index contributed by atoms with van der Waals surface area (Å²) in [5.41, 5.74) is 3.02. The van der Waals surface area contributed by atoms with Crippen LogP contribution < -0.4 is 10.6 Å². The summed E-state index contributed by atoms with van der Waals surface area (Å²) in [4.78, 5) is 29.7. The standard InChI is InChI=1S/C23H29N7O3/c1-14-20(29-33-28-14)23(32)26-21(15-6-4-2-3-5-7-15)18-13-30-19(25-18)9-8-17(27-30)12-16-10-11-24-22(16)31/h8-9,13,15-16,21H,2-7,10-12H2,1H3,(H,24,31)(H,26,32). The molecule has 3 aromatic rings. The average molecular weight is 452 g/mol. The molecule has 5 rings (SSSR count). The maximum absolute atomic E-state index is 13.0. The third-order valence-corrected chi connectivity index (χ3v) is 6.86. The summed E-state index contributed by atoms with van der Waals surface area (Å²) in [7, 11) is 0. The number of rotatable bonds is 6. The molecule has 0 spiro atoms. The van der Waals surface area contributed by atoms with Gasteiger partial charge in [0.2, 0.25) is 5.91 Å².